The van der Waals surface area contributed by atoms with Gasteiger partial charge in [-0.15, -0.1) is 5.10 Å². The minimum atomic E-state index is -0.408. The summed E-state index contributed by atoms with van der Waals surface area (Å²) in [6.07, 6.45) is 1.54. The molecule has 0 atom stereocenters. The number of aryl methyl sites for hydroxylation is 1. The molecule has 0 unspecified atom stereocenters. The van der Waals surface area contributed by atoms with Crippen molar-refractivity contribution >= 4 is 34.5 Å². The molecule has 1 aromatic carbocycles. The van der Waals surface area contributed by atoms with Crippen LogP contribution in [0.1, 0.15) is 17.3 Å². The van der Waals surface area contributed by atoms with Crippen LogP contribution in [-0.4, -0.2) is 81.6 Å². The van der Waals surface area contributed by atoms with Crippen molar-refractivity contribution in [1.82, 2.24) is 29.9 Å². The molecule has 3 heterocycles. The number of ether oxygens (including phenoxy) is 1. The first-order valence-electron chi connectivity index (χ1n) is 10.1. The van der Waals surface area contributed by atoms with Gasteiger partial charge in [-0.1, -0.05) is 5.21 Å². The maximum atomic E-state index is 12.4. The predicted molar refractivity (Wildman–Crippen MR) is 114 cm³/mol. The molecular formula is C20H24N8O3. The quantitative estimate of drug-likeness (QED) is 0.573. The van der Waals surface area contributed by atoms with E-state index in [1.165, 1.54) is 7.11 Å². The molecule has 11 heteroatoms. The van der Waals surface area contributed by atoms with E-state index in [0.717, 1.165) is 37.6 Å². The molecule has 0 saturated carbocycles. The van der Waals surface area contributed by atoms with Gasteiger partial charge in [0.25, 0.3) is 0 Å². The lowest BCUT2D eigenvalue weighted by Gasteiger charge is -2.34. The topological polar surface area (TPSA) is 118 Å². The van der Waals surface area contributed by atoms with Crippen LogP contribution in [0.4, 0.5) is 11.5 Å². The van der Waals surface area contributed by atoms with E-state index in [1.807, 2.05) is 6.92 Å². The van der Waals surface area contributed by atoms with Gasteiger partial charge < -0.3 is 15.0 Å². The van der Waals surface area contributed by atoms with Crippen LogP contribution in [0.15, 0.2) is 30.6 Å². The highest BCUT2D eigenvalue weighted by molar-refractivity contribution is 5.94. The number of carbonyl (C=O) groups is 2. The number of fused-ring (bicyclic) bond motifs is 1. The highest BCUT2D eigenvalue weighted by Gasteiger charge is 2.23. The van der Waals surface area contributed by atoms with Gasteiger partial charge in [0, 0.05) is 38.4 Å². The third-order valence-electron chi connectivity index (χ3n) is 5.21. The van der Waals surface area contributed by atoms with Gasteiger partial charge in [0.2, 0.25) is 5.91 Å². The number of piperazine rings is 1. The third-order valence-corrected chi connectivity index (χ3v) is 5.21. The number of carbonyl (C=O) groups excluding carboxylic acids is 2. The van der Waals surface area contributed by atoms with E-state index < -0.39 is 5.97 Å². The second kappa shape index (κ2) is 9.04. The monoisotopic (exact) mass is 424 g/mol. The minimum Gasteiger partial charge on any atom is -0.465 e. The molecule has 1 amide bonds. The number of hydrogen-bond donors (Lipinski definition) is 1. The van der Waals surface area contributed by atoms with Gasteiger partial charge in [-0.05, 0) is 31.2 Å². The van der Waals surface area contributed by atoms with Gasteiger partial charge in [-0.25, -0.2) is 19.4 Å². The second-order valence-corrected chi connectivity index (χ2v) is 7.15. The standard InChI is InChI=1S/C20H24N8O3/c1-3-28-19-17(24-25-28)18(21-13-22-19)27-10-8-26(9-11-27)12-16(29)23-15-6-4-14(5-7-15)20(30)31-2/h4-7,13H,3,8-12H2,1-2H3,(H,23,29). The lowest BCUT2D eigenvalue weighted by molar-refractivity contribution is -0.117. The fourth-order valence-electron chi connectivity index (χ4n) is 3.55. The van der Waals surface area contributed by atoms with Gasteiger partial charge in [-0.3, -0.25) is 9.69 Å². The van der Waals surface area contributed by atoms with Crippen LogP contribution in [0.3, 0.4) is 0 Å². The fraction of sp³-hybridized carbons (Fsp3) is 0.400. The van der Waals surface area contributed by atoms with Gasteiger partial charge in [0.05, 0.1) is 19.2 Å². The van der Waals surface area contributed by atoms with E-state index in [4.69, 9.17) is 0 Å². The molecule has 3 aromatic rings. The number of nitrogens with zero attached hydrogens (tertiary/aromatic N) is 7. The van der Waals surface area contributed by atoms with Crippen molar-refractivity contribution in [2.24, 2.45) is 0 Å². The number of anilines is 2. The number of amides is 1. The molecule has 2 aromatic heterocycles. The Hall–Kier alpha value is -3.60. The summed E-state index contributed by atoms with van der Waals surface area (Å²) in [6.45, 7) is 5.88. The summed E-state index contributed by atoms with van der Waals surface area (Å²) in [4.78, 5) is 36.9. The Morgan fingerprint density at radius 3 is 2.52 bits per heavy atom. The summed E-state index contributed by atoms with van der Waals surface area (Å²) < 4.78 is 6.42. The lowest BCUT2D eigenvalue weighted by atomic mass is 10.2. The summed E-state index contributed by atoms with van der Waals surface area (Å²) >= 11 is 0. The van der Waals surface area contributed by atoms with Crippen LogP contribution in [0.5, 0.6) is 0 Å². The molecule has 0 aliphatic carbocycles. The van der Waals surface area contributed by atoms with Crippen molar-refractivity contribution in [1.29, 1.82) is 0 Å². The zero-order chi connectivity index (χ0) is 21.8. The van der Waals surface area contributed by atoms with Gasteiger partial charge >= 0.3 is 5.97 Å². The largest absolute Gasteiger partial charge is 0.465 e. The Morgan fingerprint density at radius 2 is 1.84 bits per heavy atom. The van der Waals surface area contributed by atoms with Crippen molar-refractivity contribution in [3.63, 3.8) is 0 Å². The average molecular weight is 424 g/mol. The molecule has 1 aliphatic heterocycles. The molecule has 0 spiro atoms. The highest BCUT2D eigenvalue weighted by Crippen LogP contribution is 2.21. The van der Waals surface area contributed by atoms with Crippen LogP contribution >= 0.6 is 0 Å². The van der Waals surface area contributed by atoms with Crippen LogP contribution in [0.25, 0.3) is 11.2 Å². The maximum absolute atomic E-state index is 12.4. The lowest BCUT2D eigenvalue weighted by Crippen LogP contribution is -2.49. The Morgan fingerprint density at radius 1 is 1.10 bits per heavy atom. The van der Waals surface area contributed by atoms with Gasteiger partial charge in [-0.2, -0.15) is 0 Å². The summed E-state index contributed by atoms with van der Waals surface area (Å²) in [5, 5.41) is 11.2. The maximum Gasteiger partial charge on any atom is 0.337 e. The molecule has 31 heavy (non-hydrogen) atoms. The highest BCUT2D eigenvalue weighted by atomic mass is 16.5. The first-order valence-corrected chi connectivity index (χ1v) is 10.1. The number of benzene rings is 1. The zero-order valence-electron chi connectivity index (χ0n) is 17.5. The average Bonchev–Trinajstić information content (AvgIpc) is 3.23. The Balaban J connectivity index is 1.32. The van der Waals surface area contributed by atoms with Crippen molar-refractivity contribution in [2.75, 3.05) is 50.1 Å². The van der Waals surface area contributed by atoms with Gasteiger partial charge in [0.15, 0.2) is 17.0 Å². The summed E-state index contributed by atoms with van der Waals surface area (Å²) in [7, 11) is 1.33. The van der Waals surface area contributed by atoms with E-state index >= 15 is 0 Å². The van der Waals surface area contributed by atoms with E-state index in [9.17, 15) is 9.59 Å². The SMILES string of the molecule is CCn1nnc2c(N3CCN(CC(=O)Nc4ccc(C(=O)OC)cc4)CC3)ncnc21. The number of methoxy groups -OCH3 is 1. The van der Waals surface area contributed by atoms with Crippen LogP contribution < -0.4 is 10.2 Å². The first-order chi connectivity index (χ1) is 15.1. The molecule has 1 fully saturated rings. The Labute approximate surface area is 179 Å². The van der Waals surface area contributed by atoms with Crippen LogP contribution in [0.2, 0.25) is 0 Å². The zero-order valence-corrected chi connectivity index (χ0v) is 17.5. The van der Waals surface area contributed by atoms with Crippen molar-refractivity contribution in [3.8, 4) is 0 Å². The smallest absolute Gasteiger partial charge is 0.337 e. The number of aromatic nitrogens is 5. The van der Waals surface area contributed by atoms with Crippen LogP contribution in [-0.2, 0) is 16.1 Å². The predicted octanol–water partition coefficient (Wildman–Crippen LogP) is 0.788. The number of hydrogen-bond acceptors (Lipinski definition) is 9. The molecule has 4 rings (SSSR count). The van der Waals surface area contributed by atoms with E-state index in [2.05, 4.69) is 40.1 Å². The Bertz CT molecular complexity index is 1070. The minimum absolute atomic E-state index is 0.102. The molecule has 0 radical (unpaired) electrons. The second-order valence-electron chi connectivity index (χ2n) is 7.15. The first kappa shape index (κ1) is 20.7. The summed E-state index contributed by atoms with van der Waals surface area (Å²) in [6, 6.07) is 6.62. The molecule has 11 nitrogen and oxygen atoms in total. The van der Waals surface area contributed by atoms with Crippen molar-refractivity contribution < 1.29 is 14.3 Å². The van der Waals surface area contributed by atoms with Crippen molar-refractivity contribution in [2.45, 2.75) is 13.5 Å². The molecule has 162 valence electrons. The van der Waals surface area contributed by atoms with E-state index in [1.54, 1.807) is 35.3 Å². The molecular weight excluding hydrogens is 400 g/mol. The van der Waals surface area contributed by atoms with E-state index in [0.29, 0.717) is 23.3 Å². The van der Waals surface area contributed by atoms with E-state index in [-0.39, 0.29) is 12.5 Å². The summed E-state index contributed by atoms with van der Waals surface area (Å²) in [5.41, 5.74) is 2.51. The number of rotatable bonds is 6. The summed E-state index contributed by atoms with van der Waals surface area (Å²) in [5.74, 6) is 0.267. The van der Waals surface area contributed by atoms with Gasteiger partial charge in [0.1, 0.15) is 6.33 Å². The number of esters is 1. The van der Waals surface area contributed by atoms with Crippen LogP contribution in [0, 0.1) is 0 Å². The molecule has 1 aliphatic rings. The molecule has 1 N–H and O–H groups in total. The fourth-order valence-corrected chi connectivity index (χ4v) is 3.55. The Kier molecular flexibility index (Phi) is 6.03. The third kappa shape index (κ3) is 4.45. The molecule has 0 bridgehead atoms. The number of nitrogens with one attached hydrogen (secondary N) is 1. The normalized spacial score (nSPS) is 14.6. The van der Waals surface area contributed by atoms with Crippen molar-refractivity contribution in [3.05, 3.63) is 36.2 Å². The molecule has 1 saturated heterocycles.